The average molecular weight is 277 g/mol. The van der Waals surface area contributed by atoms with Crippen LogP contribution in [0.2, 0.25) is 0 Å². The summed E-state index contributed by atoms with van der Waals surface area (Å²) < 4.78 is 44.9. The number of nitrogens with one attached hydrogen (secondary N) is 1. The van der Waals surface area contributed by atoms with Crippen molar-refractivity contribution in [2.24, 2.45) is 5.92 Å². The van der Waals surface area contributed by atoms with E-state index >= 15 is 0 Å². The van der Waals surface area contributed by atoms with Crippen LogP contribution in [0.1, 0.15) is 6.92 Å². The smallest absolute Gasteiger partial charge is 0.469 e. The summed E-state index contributed by atoms with van der Waals surface area (Å²) in [5.74, 6) is -1.27. The van der Waals surface area contributed by atoms with E-state index in [2.05, 4.69) is 14.8 Å². The van der Waals surface area contributed by atoms with Crippen molar-refractivity contribution in [3.05, 3.63) is 24.3 Å². The number of esters is 1. The van der Waals surface area contributed by atoms with Crippen LogP contribution < -0.4 is 10.1 Å². The Balaban J connectivity index is 2.70. The molecule has 0 aromatic heterocycles. The third kappa shape index (κ3) is 5.07. The lowest BCUT2D eigenvalue weighted by molar-refractivity contribution is -0.274. The fourth-order valence-electron chi connectivity index (χ4n) is 1.37. The number of methoxy groups -OCH3 is 1. The summed E-state index contributed by atoms with van der Waals surface area (Å²) in [7, 11) is 1.25. The molecule has 0 saturated carbocycles. The molecule has 0 spiro atoms. The molecular weight excluding hydrogens is 263 g/mol. The van der Waals surface area contributed by atoms with E-state index in [-0.39, 0.29) is 18.0 Å². The number of hydrogen-bond donors (Lipinski definition) is 1. The summed E-state index contributed by atoms with van der Waals surface area (Å²) in [6, 6.07) is 5.62. The molecule has 0 aliphatic carbocycles. The maximum Gasteiger partial charge on any atom is 0.573 e. The Morgan fingerprint density at radius 1 is 1.37 bits per heavy atom. The van der Waals surface area contributed by atoms with Gasteiger partial charge in [-0.3, -0.25) is 4.79 Å². The van der Waals surface area contributed by atoms with Gasteiger partial charge in [0.05, 0.1) is 18.7 Å². The maximum atomic E-state index is 12.2. The molecule has 0 amide bonds. The van der Waals surface area contributed by atoms with Gasteiger partial charge < -0.3 is 14.8 Å². The molecule has 19 heavy (non-hydrogen) atoms. The minimum atomic E-state index is -4.76. The van der Waals surface area contributed by atoms with Gasteiger partial charge in [-0.15, -0.1) is 13.2 Å². The standard InChI is InChI=1S/C12H14F3NO3/c1-8(11(17)18-2)7-16-9-5-3-4-6-10(9)19-12(13,14)15/h3-6,8,16H,7H2,1-2H3. The van der Waals surface area contributed by atoms with Crippen molar-refractivity contribution in [2.75, 3.05) is 19.0 Å². The zero-order chi connectivity index (χ0) is 14.5. The first-order chi connectivity index (χ1) is 8.83. The number of anilines is 1. The SMILES string of the molecule is COC(=O)C(C)CNc1ccccc1OC(F)(F)F. The number of benzene rings is 1. The largest absolute Gasteiger partial charge is 0.573 e. The minimum Gasteiger partial charge on any atom is -0.469 e. The molecule has 0 heterocycles. The number of para-hydroxylation sites is 2. The highest BCUT2D eigenvalue weighted by atomic mass is 19.4. The molecule has 0 aliphatic heterocycles. The van der Waals surface area contributed by atoms with Gasteiger partial charge in [0.15, 0.2) is 5.75 Å². The summed E-state index contributed by atoms with van der Waals surface area (Å²) in [6.07, 6.45) is -4.76. The monoisotopic (exact) mass is 277 g/mol. The first-order valence-electron chi connectivity index (χ1n) is 5.50. The van der Waals surface area contributed by atoms with Crippen LogP contribution in [-0.4, -0.2) is 26.0 Å². The van der Waals surface area contributed by atoms with Gasteiger partial charge in [0.25, 0.3) is 0 Å². The van der Waals surface area contributed by atoms with Crippen molar-refractivity contribution in [3.63, 3.8) is 0 Å². The second-order valence-electron chi connectivity index (χ2n) is 3.85. The van der Waals surface area contributed by atoms with Crippen molar-refractivity contribution < 1.29 is 27.4 Å². The molecule has 0 bridgehead atoms. The highest BCUT2D eigenvalue weighted by Gasteiger charge is 2.32. The van der Waals surface area contributed by atoms with E-state index in [1.165, 1.54) is 25.3 Å². The number of ether oxygens (including phenoxy) is 2. The zero-order valence-electron chi connectivity index (χ0n) is 10.5. The fraction of sp³-hybridized carbons (Fsp3) is 0.417. The Kier molecular flexibility index (Phi) is 5.02. The Morgan fingerprint density at radius 3 is 2.58 bits per heavy atom. The van der Waals surface area contributed by atoms with Crippen LogP contribution in [0.4, 0.5) is 18.9 Å². The predicted molar refractivity (Wildman–Crippen MR) is 62.8 cm³/mol. The molecule has 0 aliphatic rings. The maximum absolute atomic E-state index is 12.2. The molecule has 4 nitrogen and oxygen atoms in total. The van der Waals surface area contributed by atoms with Crippen LogP contribution >= 0.6 is 0 Å². The van der Waals surface area contributed by atoms with Gasteiger partial charge in [0, 0.05) is 6.54 Å². The van der Waals surface area contributed by atoms with E-state index in [4.69, 9.17) is 0 Å². The number of hydrogen-bond acceptors (Lipinski definition) is 4. The zero-order valence-corrected chi connectivity index (χ0v) is 10.5. The van der Waals surface area contributed by atoms with Gasteiger partial charge in [0.2, 0.25) is 0 Å². The fourth-order valence-corrected chi connectivity index (χ4v) is 1.37. The first-order valence-corrected chi connectivity index (χ1v) is 5.50. The quantitative estimate of drug-likeness (QED) is 0.841. The molecule has 1 unspecified atom stereocenters. The number of carbonyl (C=O) groups excluding carboxylic acids is 1. The molecule has 1 aromatic carbocycles. The summed E-state index contributed by atoms with van der Waals surface area (Å²) in [4.78, 5) is 11.2. The minimum absolute atomic E-state index is 0.144. The Labute approximate surface area is 108 Å². The van der Waals surface area contributed by atoms with Crippen molar-refractivity contribution in [2.45, 2.75) is 13.3 Å². The lowest BCUT2D eigenvalue weighted by Gasteiger charge is -2.16. The molecule has 1 atom stereocenters. The Bertz CT molecular complexity index is 434. The molecule has 0 radical (unpaired) electrons. The van der Waals surface area contributed by atoms with E-state index < -0.39 is 18.2 Å². The number of halogens is 3. The third-order valence-corrected chi connectivity index (χ3v) is 2.31. The van der Waals surface area contributed by atoms with Crippen LogP contribution in [0.15, 0.2) is 24.3 Å². The lowest BCUT2D eigenvalue weighted by Crippen LogP contribution is -2.22. The third-order valence-electron chi connectivity index (χ3n) is 2.31. The van der Waals surface area contributed by atoms with Crippen LogP contribution in [0.25, 0.3) is 0 Å². The summed E-state index contributed by atoms with van der Waals surface area (Å²) in [5, 5.41) is 2.72. The van der Waals surface area contributed by atoms with Gasteiger partial charge in [-0.05, 0) is 12.1 Å². The van der Waals surface area contributed by atoms with E-state index in [1.807, 2.05) is 0 Å². The van der Waals surface area contributed by atoms with Crippen LogP contribution in [0.5, 0.6) is 5.75 Å². The summed E-state index contributed by atoms with van der Waals surface area (Å²) in [5.41, 5.74) is 0.163. The van der Waals surface area contributed by atoms with Gasteiger partial charge in [-0.25, -0.2) is 0 Å². The van der Waals surface area contributed by atoms with E-state index in [0.717, 1.165) is 0 Å². The molecular formula is C12H14F3NO3. The van der Waals surface area contributed by atoms with Crippen LogP contribution in [0.3, 0.4) is 0 Å². The predicted octanol–water partition coefficient (Wildman–Crippen LogP) is 2.81. The lowest BCUT2D eigenvalue weighted by atomic mass is 10.2. The van der Waals surface area contributed by atoms with Crippen molar-refractivity contribution in [3.8, 4) is 5.75 Å². The molecule has 0 saturated heterocycles. The van der Waals surface area contributed by atoms with Crippen molar-refractivity contribution >= 4 is 11.7 Å². The number of carbonyl (C=O) groups is 1. The molecule has 106 valence electrons. The van der Waals surface area contributed by atoms with Crippen LogP contribution in [-0.2, 0) is 9.53 Å². The van der Waals surface area contributed by atoms with Crippen molar-refractivity contribution in [1.82, 2.24) is 0 Å². The van der Waals surface area contributed by atoms with Gasteiger partial charge in [-0.2, -0.15) is 0 Å². The van der Waals surface area contributed by atoms with Gasteiger partial charge in [-0.1, -0.05) is 19.1 Å². The number of rotatable bonds is 5. The molecule has 1 rings (SSSR count). The van der Waals surface area contributed by atoms with Crippen LogP contribution in [0, 0.1) is 5.92 Å². The Morgan fingerprint density at radius 2 is 2.00 bits per heavy atom. The van der Waals surface area contributed by atoms with Crippen molar-refractivity contribution in [1.29, 1.82) is 0 Å². The second kappa shape index (κ2) is 6.31. The average Bonchev–Trinajstić information content (AvgIpc) is 2.34. The molecule has 7 heteroatoms. The van der Waals surface area contributed by atoms with E-state index in [9.17, 15) is 18.0 Å². The number of alkyl halides is 3. The Hall–Kier alpha value is -1.92. The summed E-state index contributed by atoms with van der Waals surface area (Å²) >= 11 is 0. The highest BCUT2D eigenvalue weighted by Crippen LogP contribution is 2.29. The van der Waals surface area contributed by atoms with E-state index in [0.29, 0.717) is 0 Å². The molecule has 1 N–H and O–H groups in total. The first kappa shape index (κ1) is 15.1. The van der Waals surface area contributed by atoms with Gasteiger partial charge in [0.1, 0.15) is 0 Å². The second-order valence-corrected chi connectivity index (χ2v) is 3.85. The van der Waals surface area contributed by atoms with E-state index in [1.54, 1.807) is 13.0 Å². The molecule has 1 aromatic rings. The highest BCUT2D eigenvalue weighted by molar-refractivity contribution is 5.72. The topological polar surface area (TPSA) is 47.6 Å². The van der Waals surface area contributed by atoms with Gasteiger partial charge >= 0.3 is 12.3 Å². The molecule has 0 fully saturated rings. The normalized spacial score (nSPS) is 12.7. The summed E-state index contributed by atoms with van der Waals surface area (Å²) in [6.45, 7) is 1.75.